The average Bonchev–Trinajstić information content (AvgIpc) is 3.55. The Labute approximate surface area is 282 Å². The van der Waals surface area contributed by atoms with Gasteiger partial charge in [-0.25, -0.2) is 15.0 Å². The minimum Gasteiger partial charge on any atom is -0.456 e. The Hall–Kier alpha value is -6.65. The van der Waals surface area contributed by atoms with Gasteiger partial charge in [0, 0.05) is 27.5 Å². The maximum Gasteiger partial charge on any atom is 0.164 e. The van der Waals surface area contributed by atoms with Crippen molar-refractivity contribution in [2.24, 2.45) is 0 Å². The number of hydrogen-bond acceptors (Lipinski definition) is 4. The molecule has 0 spiro atoms. The Morgan fingerprint density at radius 2 is 0.918 bits per heavy atom. The number of aromatic nitrogens is 3. The van der Waals surface area contributed by atoms with E-state index in [0.717, 1.165) is 65.9 Å². The van der Waals surface area contributed by atoms with Crippen LogP contribution in [0.15, 0.2) is 168 Å². The lowest BCUT2D eigenvalue weighted by atomic mass is 9.92. The standard InChI is InChI=1S/C45H27N3O/c1-3-13-29(14-4-1)43-46-44(30-15-5-2-6-16-30)48-45(47-43)33-24-31-17-8-10-19-35(31)38(25-33)36-20-11-21-40-42(36)39-27-37-32(26-41(39)49-40)23-22-28-12-7-9-18-34(28)37/h1-27H. The summed E-state index contributed by atoms with van der Waals surface area (Å²) in [5.74, 6) is 1.91. The number of furan rings is 1. The van der Waals surface area contributed by atoms with E-state index < -0.39 is 0 Å². The Bertz CT molecular complexity index is 2820. The first kappa shape index (κ1) is 27.5. The van der Waals surface area contributed by atoms with E-state index in [1.807, 2.05) is 60.7 Å². The molecule has 0 saturated heterocycles. The van der Waals surface area contributed by atoms with Gasteiger partial charge >= 0.3 is 0 Å². The molecule has 49 heavy (non-hydrogen) atoms. The van der Waals surface area contributed by atoms with E-state index >= 15 is 0 Å². The predicted molar refractivity (Wildman–Crippen MR) is 201 cm³/mol. The van der Waals surface area contributed by atoms with Crippen molar-refractivity contribution in [2.75, 3.05) is 0 Å². The molecule has 0 radical (unpaired) electrons. The largest absolute Gasteiger partial charge is 0.456 e. The highest BCUT2D eigenvalue weighted by Gasteiger charge is 2.19. The summed E-state index contributed by atoms with van der Waals surface area (Å²) < 4.78 is 6.56. The van der Waals surface area contributed by atoms with Gasteiger partial charge in [-0.15, -0.1) is 0 Å². The maximum absolute atomic E-state index is 6.56. The second-order valence-electron chi connectivity index (χ2n) is 12.4. The molecule has 0 unspecified atom stereocenters. The van der Waals surface area contributed by atoms with Crippen LogP contribution in [0.2, 0.25) is 0 Å². The fourth-order valence-corrected chi connectivity index (χ4v) is 7.15. The van der Waals surface area contributed by atoms with Crippen LogP contribution in [0.3, 0.4) is 0 Å². The Balaban J connectivity index is 1.25. The zero-order chi connectivity index (χ0) is 32.3. The molecule has 0 aliphatic rings. The molecule has 2 heterocycles. The molecule has 10 aromatic rings. The molecule has 0 N–H and O–H groups in total. The molecule has 0 bridgehead atoms. The highest BCUT2D eigenvalue weighted by atomic mass is 16.3. The molecular formula is C45H27N3O. The van der Waals surface area contributed by atoms with Crippen molar-refractivity contribution in [3.05, 3.63) is 164 Å². The molecule has 0 fully saturated rings. The minimum atomic E-state index is 0.626. The molecule has 0 saturated carbocycles. The molecular weight excluding hydrogens is 599 g/mol. The molecule has 0 aliphatic carbocycles. The summed E-state index contributed by atoms with van der Waals surface area (Å²) in [7, 11) is 0. The molecule has 4 nitrogen and oxygen atoms in total. The second kappa shape index (κ2) is 11.0. The van der Waals surface area contributed by atoms with Gasteiger partial charge in [-0.3, -0.25) is 0 Å². The lowest BCUT2D eigenvalue weighted by Crippen LogP contribution is -2.00. The number of benzene rings is 8. The van der Waals surface area contributed by atoms with E-state index in [4.69, 9.17) is 19.4 Å². The van der Waals surface area contributed by atoms with E-state index in [0.29, 0.717) is 17.5 Å². The van der Waals surface area contributed by atoms with Gasteiger partial charge in [0.15, 0.2) is 17.5 Å². The van der Waals surface area contributed by atoms with E-state index in [1.54, 1.807) is 0 Å². The topological polar surface area (TPSA) is 51.8 Å². The third-order valence-corrected chi connectivity index (χ3v) is 9.47. The van der Waals surface area contributed by atoms with E-state index in [9.17, 15) is 0 Å². The number of nitrogens with zero attached hydrogens (tertiary/aromatic N) is 3. The van der Waals surface area contributed by atoms with E-state index in [-0.39, 0.29) is 0 Å². The number of hydrogen-bond donors (Lipinski definition) is 0. The summed E-state index contributed by atoms with van der Waals surface area (Å²) in [5.41, 5.74) is 6.75. The molecule has 10 rings (SSSR count). The van der Waals surface area contributed by atoms with Crippen LogP contribution >= 0.6 is 0 Å². The third-order valence-electron chi connectivity index (χ3n) is 9.47. The number of rotatable bonds is 4. The summed E-state index contributed by atoms with van der Waals surface area (Å²) in [5, 5.41) is 9.30. The van der Waals surface area contributed by atoms with Gasteiger partial charge in [0.25, 0.3) is 0 Å². The summed E-state index contributed by atoms with van der Waals surface area (Å²) in [6.45, 7) is 0. The smallest absolute Gasteiger partial charge is 0.164 e. The average molecular weight is 626 g/mol. The predicted octanol–water partition coefficient (Wildman–Crippen LogP) is 11.9. The van der Waals surface area contributed by atoms with Crippen molar-refractivity contribution in [2.45, 2.75) is 0 Å². The quantitative estimate of drug-likeness (QED) is 0.183. The van der Waals surface area contributed by atoms with Gasteiger partial charge in [-0.1, -0.05) is 133 Å². The normalized spacial score (nSPS) is 11.7. The van der Waals surface area contributed by atoms with Crippen molar-refractivity contribution < 1.29 is 4.42 Å². The molecule has 228 valence electrons. The molecule has 0 amide bonds. The van der Waals surface area contributed by atoms with Crippen LogP contribution in [0.1, 0.15) is 0 Å². The Morgan fingerprint density at radius 3 is 1.65 bits per heavy atom. The zero-order valence-electron chi connectivity index (χ0n) is 26.3. The molecule has 0 atom stereocenters. The molecule has 8 aromatic carbocycles. The van der Waals surface area contributed by atoms with E-state index in [1.165, 1.54) is 16.2 Å². The van der Waals surface area contributed by atoms with Gasteiger partial charge in [-0.05, 0) is 73.8 Å². The summed E-state index contributed by atoms with van der Waals surface area (Å²) in [6, 6.07) is 56.9. The van der Waals surface area contributed by atoms with Crippen LogP contribution in [0.4, 0.5) is 0 Å². The van der Waals surface area contributed by atoms with Crippen molar-refractivity contribution in [1.82, 2.24) is 15.0 Å². The Kier molecular flexibility index (Phi) is 6.15. The monoisotopic (exact) mass is 625 g/mol. The van der Waals surface area contributed by atoms with Gasteiger partial charge in [0.2, 0.25) is 0 Å². The lowest BCUT2D eigenvalue weighted by Gasteiger charge is -2.13. The zero-order valence-corrected chi connectivity index (χ0v) is 26.3. The van der Waals surface area contributed by atoms with Crippen molar-refractivity contribution in [3.8, 4) is 45.3 Å². The summed E-state index contributed by atoms with van der Waals surface area (Å²) in [4.78, 5) is 15.1. The first-order valence-electron chi connectivity index (χ1n) is 16.4. The first-order chi connectivity index (χ1) is 24.3. The molecule has 4 heteroatoms. The fourth-order valence-electron chi connectivity index (χ4n) is 7.15. The maximum atomic E-state index is 6.56. The van der Waals surface area contributed by atoms with Gasteiger partial charge in [0.1, 0.15) is 11.2 Å². The van der Waals surface area contributed by atoms with Crippen LogP contribution < -0.4 is 0 Å². The molecule has 2 aromatic heterocycles. The van der Waals surface area contributed by atoms with Crippen LogP contribution in [0.25, 0.3) is 99.5 Å². The van der Waals surface area contributed by atoms with E-state index in [2.05, 4.69) is 103 Å². The van der Waals surface area contributed by atoms with Crippen LogP contribution in [0.5, 0.6) is 0 Å². The Morgan fingerprint density at radius 1 is 0.327 bits per heavy atom. The van der Waals surface area contributed by atoms with Crippen molar-refractivity contribution in [3.63, 3.8) is 0 Å². The highest BCUT2D eigenvalue weighted by molar-refractivity contribution is 6.20. The van der Waals surface area contributed by atoms with Crippen LogP contribution in [-0.2, 0) is 0 Å². The third kappa shape index (κ3) is 4.57. The first-order valence-corrected chi connectivity index (χ1v) is 16.4. The highest BCUT2D eigenvalue weighted by Crippen LogP contribution is 2.43. The summed E-state index contributed by atoms with van der Waals surface area (Å²) >= 11 is 0. The fraction of sp³-hybridized carbons (Fsp3) is 0. The van der Waals surface area contributed by atoms with Gasteiger partial charge < -0.3 is 4.42 Å². The SMILES string of the molecule is c1ccc(-c2nc(-c3ccccc3)nc(-c3cc(-c4cccc5oc6cc7ccc8ccccc8c7cc6c45)c4ccccc4c3)n2)cc1. The lowest BCUT2D eigenvalue weighted by molar-refractivity contribution is 0.669. The van der Waals surface area contributed by atoms with Crippen molar-refractivity contribution in [1.29, 1.82) is 0 Å². The van der Waals surface area contributed by atoms with Crippen LogP contribution in [-0.4, -0.2) is 15.0 Å². The van der Waals surface area contributed by atoms with Crippen molar-refractivity contribution >= 4 is 54.3 Å². The van der Waals surface area contributed by atoms with Gasteiger partial charge in [-0.2, -0.15) is 0 Å². The minimum absolute atomic E-state index is 0.626. The second-order valence-corrected chi connectivity index (χ2v) is 12.4. The summed E-state index contributed by atoms with van der Waals surface area (Å²) in [6.07, 6.45) is 0. The molecule has 0 aliphatic heterocycles. The van der Waals surface area contributed by atoms with Crippen LogP contribution in [0, 0.1) is 0 Å². The number of fused-ring (bicyclic) bond motifs is 7. The van der Waals surface area contributed by atoms with Gasteiger partial charge in [0.05, 0.1) is 0 Å².